The molecule has 1 aromatic rings. The van der Waals surface area contributed by atoms with Crippen molar-refractivity contribution in [1.29, 1.82) is 0 Å². The molecule has 0 radical (unpaired) electrons. The molecule has 0 aliphatic carbocycles. The molecule has 4 heteroatoms. The molecule has 1 aromatic carbocycles. The van der Waals surface area contributed by atoms with Gasteiger partial charge in [0.05, 0.1) is 12.2 Å². The number of hydrogen-bond donors (Lipinski definition) is 1. The first kappa shape index (κ1) is 14.0. The summed E-state index contributed by atoms with van der Waals surface area (Å²) in [5.41, 5.74) is 0.333. The summed E-state index contributed by atoms with van der Waals surface area (Å²) in [5, 5.41) is 0. The predicted molar refractivity (Wildman–Crippen MR) is 68.0 cm³/mol. The molecule has 0 aromatic heterocycles. The van der Waals surface area contributed by atoms with Crippen LogP contribution in [0.1, 0.15) is 37.0 Å². The molecular weight excluding hydrogens is 239 g/mol. The van der Waals surface area contributed by atoms with Crippen molar-refractivity contribution in [2.24, 2.45) is 5.92 Å². The third kappa shape index (κ3) is 4.38. The Morgan fingerprint density at radius 3 is 2.82 bits per heavy atom. The standard InChI is InChI=1S/C13H17FO2S/c1-3-4-9(2)8-16-13(15)10-5-6-11(14)12(17)7-10/h5-7,9,17H,3-4,8H2,1-2H3. The molecule has 2 nitrogen and oxygen atoms in total. The summed E-state index contributed by atoms with van der Waals surface area (Å²) < 4.78 is 18.1. The molecular formula is C13H17FO2S. The van der Waals surface area contributed by atoms with Crippen LogP contribution in [0.5, 0.6) is 0 Å². The molecule has 1 atom stereocenters. The number of ether oxygens (including phenoxy) is 1. The SMILES string of the molecule is CCCC(C)COC(=O)c1ccc(F)c(S)c1. The molecule has 0 saturated heterocycles. The summed E-state index contributed by atoms with van der Waals surface area (Å²) in [5.74, 6) is -0.521. The predicted octanol–water partition coefficient (Wildman–Crippen LogP) is 3.71. The van der Waals surface area contributed by atoms with Crippen LogP contribution in [0.2, 0.25) is 0 Å². The minimum atomic E-state index is -0.441. The fourth-order valence-electron chi connectivity index (χ4n) is 1.52. The zero-order valence-corrected chi connectivity index (χ0v) is 11.0. The van der Waals surface area contributed by atoms with Gasteiger partial charge in [0, 0.05) is 4.90 Å². The fourth-order valence-corrected chi connectivity index (χ4v) is 1.73. The zero-order chi connectivity index (χ0) is 12.8. The molecule has 0 aliphatic heterocycles. The van der Waals surface area contributed by atoms with Gasteiger partial charge < -0.3 is 4.74 Å². The van der Waals surface area contributed by atoms with Crippen LogP contribution in [0.25, 0.3) is 0 Å². The van der Waals surface area contributed by atoms with Crippen molar-refractivity contribution >= 4 is 18.6 Å². The van der Waals surface area contributed by atoms with Gasteiger partial charge in [-0.25, -0.2) is 9.18 Å². The van der Waals surface area contributed by atoms with Crippen LogP contribution in [0, 0.1) is 11.7 Å². The van der Waals surface area contributed by atoms with E-state index in [1.807, 2.05) is 6.92 Å². The Balaban J connectivity index is 2.55. The Hall–Kier alpha value is -1.03. The molecule has 0 fully saturated rings. The number of hydrogen-bond acceptors (Lipinski definition) is 3. The average Bonchev–Trinajstić information content (AvgIpc) is 2.30. The molecule has 0 aliphatic rings. The lowest BCUT2D eigenvalue weighted by molar-refractivity contribution is 0.0443. The minimum absolute atomic E-state index is 0.154. The number of thiol groups is 1. The molecule has 0 bridgehead atoms. The third-order valence-electron chi connectivity index (χ3n) is 2.46. The van der Waals surface area contributed by atoms with Crippen LogP contribution in [0.15, 0.2) is 23.1 Å². The molecule has 0 amide bonds. The van der Waals surface area contributed by atoms with Crippen molar-refractivity contribution in [3.63, 3.8) is 0 Å². The van der Waals surface area contributed by atoms with Crippen molar-refractivity contribution in [3.8, 4) is 0 Å². The summed E-state index contributed by atoms with van der Waals surface area (Å²) in [7, 11) is 0. The first-order valence-corrected chi connectivity index (χ1v) is 6.15. The van der Waals surface area contributed by atoms with Crippen LogP contribution in [-0.2, 0) is 4.74 Å². The van der Waals surface area contributed by atoms with E-state index < -0.39 is 11.8 Å². The Bertz CT molecular complexity index is 393. The molecule has 0 saturated carbocycles. The van der Waals surface area contributed by atoms with Gasteiger partial charge >= 0.3 is 5.97 Å². The van der Waals surface area contributed by atoms with Crippen molar-refractivity contribution in [2.75, 3.05) is 6.61 Å². The highest BCUT2D eigenvalue weighted by Gasteiger charge is 2.11. The van der Waals surface area contributed by atoms with Crippen molar-refractivity contribution in [2.45, 2.75) is 31.6 Å². The largest absolute Gasteiger partial charge is 0.462 e. The smallest absolute Gasteiger partial charge is 0.338 e. The van der Waals surface area contributed by atoms with E-state index in [2.05, 4.69) is 19.6 Å². The van der Waals surface area contributed by atoms with Crippen molar-refractivity contribution in [1.82, 2.24) is 0 Å². The quantitative estimate of drug-likeness (QED) is 0.642. The van der Waals surface area contributed by atoms with Gasteiger partial charge in [0.1, 0.15) is 5.82 Å². The maximum Gasteiger partial charge on any atom is 0.338 e. The molecule has 0 N–H and O–H groups in total. The maximum atomic E-state index is 12.9. The second kappa shape index (κ2) is 6.64. The summed E-state index contributed by atoms with van der Waals surface area (Å²) in [6.45, 7) is 4.52. The molecule has 0 spiro atoms. The highest BCUT2D eigenvalue weighted by atomic mass is 32.1. The summed E-state index contributed by atoms with van der Waals surface area (Å²) in [4.78, 5) is 11.8. The minimum Gasteiger partial charge on any atom is -0.462 e. The lowest BCUT2D eigenvalue weighted by atomic mass is 10.1. The normalized spacial score (nSPS) is 12.2. The Morgan fingerprint density at radius 1 is 1.53 bits per heavy atom. The number of rotatable bonds is 5. The van der Waals surface area contributed by atoms with Gasteiger partial charge in [0.2, 0.25) is 0 Å². The molecule has 17 heavy (non-hydrogen) atoms. The molecule has 1 unspecified atom stereocenters. The highest BCUT2D eigenvalue weighted by Crippen LogP contribution is 2.15. The van der Waals surface area contributed by atoms with Gasteiger partial charge in [-0.2, -0.15) is 0 Å². The molecule has 1 rings (SSSR count). The van der Waals surface area contributed by atoms with E-state index in [4.69, 9.17) is 4.74 Å². The summed E-state index contributed by atoms with van der Waals surface area (Å²) in [6.07, 6.45) is 2.09. The van der Waals surface area contributed by atoms with Crippen LogP contribution in [0.4, 0.5) is 4.39 Å². The number of carbonyl (C=O) groups is 1. The fraction of sp³-hybridized carbons (Fsp3) is 0.462. The molecule has 94 valence electrons. The first-order valence-electron chi connectivity index (χ1n) is 5.70. The summed E-state index contributed by atoms with van der Waals surface area (Å²) >= 11 is 3.92. The van der Waals surface area contributed by atoms with Crippen molar-refractivity contribution in [3.05, 3.63) is 29.6 Å². The van der Waals surface area contributed by atoms with Crippen LogP contribution < -0.4 is 0 Å². The lowest BCUT2D eigenvalue weighted by Gasteiger charge is -2.11. The van der Waals surface area contributed by atoms with Gasteiger partial charge in [-0.3, -0.25) is 0 Å². The zero-order valence-electron chi connectivity index (χ0n) is 10.1. The number of halogens is 1. The number of esters is 1. The third-order valence-corrected chi connectivity index (χ3v) is 2.80. The first-order chi connectivity index (χ1) is 8.04. The topological polar surface area (TPSA) is 26.3 Å². The Kier molecular flexibility index (Phi) is 5.48. The monoisotopic (exact) mass is 256 g/mol. The second-order valence-corrected chi connectivity index (χ2v) is 4.64. The average molecular weight is 256 g/mol. The van der Waals surface area contributed by atoms with Crippen LogP contribution in [0.3, 0.4) is 0 Å². The maximum absolute atomic E-state index is 12.9. The lowest BCUT2D eigenvalue weighted by Crippen LogP contribution is -2.12. The van der Waals surface area contributed by atoms with E-state index in [0.717, 1.165) is 12.8 Å². The molecule has 0 heterocycles. The van der Waals surface area contributed by atoms with Crippen LogP contribution >= 0.6 is 12.6 Å². The second-order valence-electron chi connectivity index (χ2n) is 4.16. The number of carbonyl (C=O) groups excluding carboxylic acids is 1. The van der Waals surface area contributed by atoms with E-state index in [1.54, 1.807) is 0 Å². The van der Waals surface area contributed by atoms with Gasteiger partial charge in [0.25, 0.3) is 0 Å². The Morgan fingerprint density at radius 2 is 2.24 bits per heavy atom. The van der Waals surface area contributed by atoms with Gasteiger partial charge in [0.15, 0.2) is 0 Å². The highest BCUT2D eigenvalue weighted by molar-refractivity contribution is 7.80. The van der Waals surface area contributed by atoms with E-state index in [-0.39, 0.29) is 4.90 Å². The Labute approximate surface area is 107 Å². The van der Waals surface area contributed by atoms with E-state index in [0.29, 0.717) is 18.1 Å². The van der Waals surface area contributed by atoms with E-state index in [9.17, 15) is 9.18 Å². The van der Waals surface area contributed by atoms with Gasteiger partial charge in [-0.1, -0.05) is 20.3 Å². The van der Waals surface area contributed by atoms with E-state index >= 15 is 0 Å². The van der Waals surface area contributed by atoms with Crippen molar-refractivity contribution < 1.29 is 13.9 Å². The number of benzene rings is 1. The van der Waals surface area contributed by atoms with Crippen LogP contribution in [-0.4, -0.2) is 12.6 Å². The van der Waals surface area contributed by atoms with E-state index in [1.165, 1.54) is 18.2 Å². The van der Waals surface area contributed by atoms with Gasteiger partial charge in [-0.05, 0) is 30.5 Å². The summed E-state index contributed by atoms with van der Waals surface area (Å²) in [6, 6.07) is 4.00. The van der Waals surface area contributed by atoms with Gasteiger partial charge in [-0.15, -0.1) is 12.6 Å².